The molecule has 3 rings (SSSR count). The van der Waals surface area contributed by atoms with Crippen LogP contribution in [0.2, 0.25) is 0 Å². The van der Waals surface area contributed by atoms with Crippen molar-refractivity contribution in [3.63, 3.8) is 0 Å². The van der Waals surface area contributed by atoms with E-state index in [0.717, 1.165) is 29.3 Å². The van der Waals surface area contributed by atoms with Crippen LogP contribution >= 0.6 is 27.3 Å². The van der Waals surface area contributed by atoms with E-state index < -0.39 is 0 Å². The van der Waals surface area contributed by atoms with Crippen LogP contribution in [-0.2, 0) is 17.6 Å². The molecular formula is C19H20BrNO3S. The topological polar surface area (TPSA) is 58.9 Å². The first-order valence-electron chi connectivity index (χ1n) is 8.33. The molecule has 1 aliphatic rings. The molecule has 1 aliphatic carbocycles. The lowest BCUT2D eigenvalue weighted by Crippen LogP contribution is -2.13. The highest BCUT2D eigenvalue weighted by atomic mass is 79.9. The highest BCUT2D eigenvalue weighted by molar-refractivity contribution is 9.10. The SMILES string of the molecule is CCOC(=O)c1c(N=Cc2cc(Br)ccc2O)sc2c1CCC(C)C2. The molecule has 0 saturated heterocycles. The van der Waals surface area contributed by atoms with E-state index in [4.69, 9.17) is 4.74 Å². The van der Waals surface area contributed by atoms with Crippen LogP contribution in [0.1, 0.15) is 46.6 Å². The van der Waals surface area contributed by atoms with Crippen molar-refractivity contribution in [3.8, 4) is 5.75 Å². The zero-order chi connectivity index (χ0) is 18.0. The summed E-state index contributed by atoms with van der Waals surface area (Å²) in [4.78, 5) is 18.2. The lowest BCUT2D eigenvalue weighted by atomic mass is 9.88. The molecule has 0 amide bonds. The Morgan fingerprint density at radius 1 is 1.52 bits per heavy atom. The Morgan fingerprint density at radius 3 is 3.08 bits per heavy atom. The van der Waals surface area contributed by atoms with Gasteiger partial charge in [0.15, 0.2) is 0 Å². The zero-order valence-electron chi connectivity index (χ0n) is 14.2. The van der Waals surface area contributed by atoms with Gasteiger partial charge in [-0.25, -0.2) is 9.79 Å². The van der Waals surface area contributed by atoms with Crippen molar-refractivity contribution in [3.05, 3.63) is 44.2 Å². The molecule has 1 heterocycles. The van der Waals surface area contributed by atoms with Gasteiger partial charge in [0, 0.05) is 21.1 Å². The number of nitrogens with zero attached hydrogens (tertiary/aromatic N) is 1. The van der Waals surface area contributed by atoms with E-state index in [1.165, 1.54) is 4.88 Å². The summed E-state index contributed by atoms with van der Waals surface area (Å²) in [7, 11) is 0. The van der Waals surface area contributed by atoms with Crippen LogP contribution < -0.4 is 0 Å². The van der Waals surface area contributed by atoms with Crippen LogP contribution in [0.3, 0.4) is 0 Å². The number of ether oxygens (including phenoxy) is 1. The number of thiophene rings is 1. The minimum Gasteiger partial charge on any atom is -0.507 e. The summed E-state index contributed by atoms with van der Waals surface area (Å²) in [6.07, 6.45) is 4.54. The maximum absolute atomic E-state index is 12.5. The number of carbonyl (C=O) groups excluding carboxylic acids is 1. The maximum Gasteiger partial charge on any atom is 0.341 e. The molecule has 0 bridgehead atoms. The summed E-state index contributed by atoms with van der Waals surface area (Å²) < 4.78 is 6.11. The van der Waals surface area contributed by atoms with Crippen LogP contribution in [0.15, 0.2) is 27.7 Å². The Hall–Kier alpha value is -1.66. The summed E-state index contributed by atoms with van der Waals surface area (Å²) in [6.45, 7) is 4.38. The normalized spacial score (nSPS) is 16.8. The lowest BCUT2D eigenvalue weighted by molar-refractivity contribution is 0.0526. The Labute approximate surface area is 159 Å². The molecule has 0 aliphatic heterocycles. The van der Waals surface area contributed by atoms with Crippen molar-refractivity contribution in [1.82, 2.24) is 0 Å². The molecule has 0 saturated carbocycles. The van der Waals surface area contributed by atoms with Crippen LogP contribution in [0.5, 0.6) is 5.75 Å². The second-order valence-electron chi connectivity index (χ2n) is 6.21. The van der Waals surface area contributed by atoms with Crippen LogP contribution in [0.25, 0.3) is 0 Å². The second-order valence-corrected chi connectivity index (χ2v) is 8.21. The average molecular weight is 422 g/mol. The number of phenols is 1. The van der Waals surface area contributed by atoms with Gasteiger partial charge in [-0.2, -0.15) is 0 Å². The van der Waals surface area contributed by atoms with E-state index in [9.17, 15) is 9.90 Å². The number of rotatable bonds is 4. The van der Waals surface area contributed by atoms with E-state index in [0.29, 0.717) is 28.7 Å². The zero-order valence-corrected chi connectivity index (χ0v) is 16.6. The Bertz CT molecular complexity index is 828. The highest BCUT2D eigenvalue weighted by Gasteiger charge is 2.28. The fourth-order valence-electron chi connectivity index (χ4n) is 3.00. The number of hydrogen-bond donors (Lipinski definition) is 1. The average Bonchev–Trinajstić information content (AvgIpc) is 2.93. The molecule has 132 valence electrons. The number of aliphatic imine (C=N–C) groups is 1. The first-order chi connectivity index (χ1) is 12.0. The van der Waals surface area contributed by atoms with E-state index in [2.05, 4.69) is 27.8 Å². The van der Waals surface area contributed by atoms with Gasteiger partial charge in [0.25, 0.3) is 0 Å². The molecule has 1 N–H and O–H groups in total. The van der Waals surface area contributed by atoms with E-state index in [1.807, 2.05) is 0 Å². The van der Waals surface area contributed by atoms with Crippen LogP contribution in [0, 0.1) is 5.92 Å². The monoisotopic (exact) mass is 421 g/mol. The fraction of sp³-hybridized carbons (Fsp3) is 0.368. The number of aromatic hydroxyl groups is 1. The third-order valence-corrected chi connectivity index (χ3v) is 5.94. The van der Waals surface area contributed by atoms with Crippen molar-refractivity contribution in [1.29, 1.82) is 0 Å². The minimum atomic E-state index is -0.305. The van der Waals surface area contributed by atoms with Gasteiger partial charge >= 0.3 is 5.97 Å². The molecule has 1 atom stereocenters. The first-order valence-corrected chi connectivity index (χ1v) is 9.94. The largest absolute Gasteiger partial charge is 0.507 e. The highest BCUT2D eigenvalue weighted by Crippen LogP contribution is 2.41. The molecule has 2 aromatic rings. The summed E-state index contributed by atoms with van der Waals surface area (Å²) in [6, 6.07) is 5.17. The van der Waals surface area contributed by atoms with Crippen LogP contribution in [-0.4, -0.2) is 23.9 Å². The number of hydrogen-bond acceptors (Lipinski definition) is 5. The standard InChI is InChI=1S/C19H20BrNO3S/c1-3-24-19(23)17-14-6-4-11(2)8-16(14)25-18(17)21-10-12-9-13(20)5-7-15(12)22/h5,7,9-11,22H,3-4,6,8H2,1-2H3. The third kappa shape index (κ3) is 3.96. The summed E-state index contributed by atoms with van der Waals surface area (Å²) in [5.41, 5.74) is 2.29. The predicted molar refractivity (Wildman–Crippen MR) is 105 cm³/mol. The predicted octanol–water partition coefficient (Wildman–Crippen LogP) is 5.27. The van der Waals surface area contributed by atoms with Crippen molar-refractivity contribution >= 4 is 44.5 Å². The van der Waals surface area contributed by atoms with Gasteiger partial charge < -0.3 is 9.84 Å². The van der Waals surface area contributed by atoms with Crippen molar-refractivity contribution in [2.24, 2.45) is 10.9 Å². The molecule has 1 aromatic heterocycles. The van der Waals surface area contributed by atoms with Gasteiger partial charge in [-0.15, -0.1) is 11.3 Å². The number of esters is 1. The Morgan fingerprint density at radius 2 is 2.32 bits per heavy atom. The molecule has 4 nitrogen and oxygen atoms in total. The molecule has 25 heavy (non-hydrogen) atoms. The molecule has 0 fully saturated rings. The van der Waals surface area contributed by atoms with E-state index in [-0.39, 0.29) is 11.7 Å². The van der Waals surface area contributed by atoms with Gasteiger partial charge in [0.05, 0.1) is 12.2 Å². The van der Waals surface area contributed by atoms with E-state index in [1.54, 1.807) is 42.7 Å². The van der Waals surface area contributed by atoms with Gasteiger partial charge in [0.1, 0.15) is 10.8 Å². The lowest BCUT2D eigenvalue weighted by Gasteiger charge is -2.18. The number of carbonyl (C=O) groups is 1. The second kappa shape index (κ2) is 7.70. The summed E-state index contributed by atoms with van der Waals surface area (Å²) >= 11 is 4.95. The van der Waals surface area contributed by atoms with Gasteiger partial charge in [0.2, 0.25) is 0 Å². The number of phenolic OH excluding ortho intramolecular Hbond substituents is 1. The minimum absolute atomic E-state index is 0.152. The maximum atomic E-state index is 12.5. The van der Waals surface area contributed by atoms with Gasteiger partial charge in [-0.05, 0) is 55.9 Å². The fourth-order valence-corrected chi connectivity index (χ4v) is 4.72. The smallest absolute Gasteiger partial charge is 0.341 e. The van der Waals surface area contributed by atoms with Gasteiger partial charge in [-0.1, -0.05) is 22.9 Å². The quantitative estimate of drug-likeness (QED) is 0.540. The van der Waals surface area contributed by atoms with Crippen molar-refractivity contribution in [2.45, 2.75) is 33.1 Å². The molecule has 0 spiro atoms. The summed E-state index contributed by atoms with van der Waals surface area (Å²) in [5, 5.41) is 10.6. The summed E-state index contributed by atoms with van der Waals surface area (Å²) in [5.74, 6) is 0.465. The number of halogens is 1. The molecule has 0 radical (unpaired) electrons. The van der Waals surface area contributed by atoms with E-state index >= 15 is 0 Å². The number of benzene rings is 1. The molecule has 1 aromatic carbocycles. The van der Waals surface area contributed by atoms with Crippen molar-refractivity contribution < 1.29 is 14.6 Å². The number of fused-ring (bicyclic) bond motifs is 1. The van der Waals surface area contributed by atoms with Crippen LogP contribution in [0.4, 0.5) is 5.00 Å². The molecular weight excluding hydrogens is 402 g/mol. The van der Waals surface area contributed by atoms with Crippen molar-refractivity contribution in [2.75, 3.05) is 6.61 Å². The molecule has 1 unspecified atom stereocenters. The molecule has 6 heteroatoms. The Kier molecular flexibility index (Phi) is 5.59. The van der Waals surface area contributed by atoms with Gasteiger partial charge in [-0.3, -0.25) is 0 Å². The first kappa shape index (κ1) is 18.1. The Balaban J connectivity index is 2.01. The third-order valence-electron chi connectivity index (χ3n) is 4.28.